The second-order valence-electron chi connectivity index (χ2n) is 4.61. The van der Waals surface area contributed by atoms with Crippen LogP contribution in [0.3, 0.4) is 0 Å². The van der Waals surface area contributed by atoms with Crippen molar-refractivity contribution in [2.75, 3.05) is 5.32 Å². The lowest BCUT2D eigenvalue weighted by molar-refractivity contribution is 0.102. The van der Waals surface area contributed by atoms with Gasteiger partial charge in [0.25, 0.3) is 5.91 Å². The standard InChI is InChI=1S/C14H12BrClN2O3S/c1-8-6-10(3-4-11(8)15)18-14(19)9-2-5-12(16)13(7-9)22(17,20)21/h2-7H,1H3,(H,18,19)(H2,17,20,21). The van der Waals surface area contributed by atoms with Gasteiger partial charge in [-0.3, -0.25) is 4.79 Å². The molecule has 0 aromatic heterocycles. The average Bonchev–Trinajstić information content (AvgIpc) is 2.42. The molecule has 2 aromatic carbocycles. The van der Waals surface area contributed by atoms with Crippen molar-refractivity contribution in [3.8, 4) is 0 Å². The van der Waals surface area contributed by atoms with Gasteiger partial charge in [0.1, 0.15) is 4.90 Å². The highest BCUT2D eigenvalue weighted by atomic mass is 79.9. The van der Waals surface area contributed by atoms with E-state index in [0.29, 0.717) is 5.69 Å². The lowest BCUT2D eigenvalue weighted by Crippen LogP contribution is -2.16. The van der Waals surface area contributed by atoms with Gasteiger partial charge >= 0.3 is 0 Å². The number of nitrogens with two attached hydrogens (primary N) is 1. The van der Waals surface area contributed by atoms with E-state index in [9.17, 15) is 13.2 Å². The number of hydrogen-bond donors (Lipinski definition) is 2. The molecule has 0 spiro atoms. The topological polar surface area (TPSA) is 89.3 Å². The molecule has 0 aliphatic carbocycles. The van der Waals surface area contributed by atoms with E-state index < -0.39 is 15.9 Å². The third-order valence-corrected chi connectivity index (χ3v) is 5.20. The molecule has 0 saturated heterocycles. The quantitative estimate of drug-likeness (QED) is 0.824. The molecule has 0 heterocycles. The fraction of sp³-hybridized carbons (Fsp3) is 0.0714. The first-order valence-electron chi connectivity index (χ1n) is 6.08. The Morgan fingerprint density at radius 3 is 2.50 bits per heavy atom. The van der Waals surface area contributed by atoms with E-state index in [1.165, 1.54) is 12.1 Å². The Bertz CT molecular complexity index is 853. The van der Waals surface area contributed by atoms with Crippen molar-refractivity contribution in [2.45, 2.75) is 11.8 Å². The summed E-state index contributed by atoms with van der Waals surface area (Å²) in [6.45, 7) is 1.89. The molecule has 22 heavy (non-hydrogen) atoms. The largest absolute Gasteiger partial charge is 0.322 e. The third kappa shape index (κ3) is 3.86. The van der Waals surface area contributed by atoms with E-state index in [1.54, 1.807) is 12.1 Å². The van der Waals surface area contributed by atoms with Crippen molar-refractivity contribution in [1.82, 2.24) is 0 Å². The Labute approximate surface area is 141 Å². The maximum Gasteiger partial charge on any atom is 0.255 e. The maximum atomic E-state index is 12.2. The summed E-state index contributed by atoms with van der Waals surface area (Å²) in [6.07, 6.45) is 0. The normalized spacial score (nSPS) is 11.3. The second-order valence-corrected chi connectivity index (χ2v) is 7.40. The Morgan fingerprint density at radius 2 is 1.91 bits per heavy atom. The van der Waals surface area contributed by atoms with Crippen LogP contribution in [0, 0.1) is 6.92 Å². The molecule has 0 bridgehead atoms. The number of aryl methyl sites for hydroxylation is 1. The SMILES string of the molecule is Cc1cc(NC(=O)c2ccc(Cl)c(S(N)(=O)=O)c2)ccc1Br. The zero-order chi connectivity index (χ0) is 16.5. The smallest absolute Gasteiger partial charge is 0.255 e. The molecule has 116 valence electrons. The van der Waals surface area contributed by atoms with Gasteiger partial charge in [-0.2, -0.15) is 0 Å². The molecule has 0 aliphatic heterocycles. The van der Waals surface area contributed by atoms with Crippen molar-refractivity contribution in [3.63, 3.8) is 0 Å². The van der Waals surface area contributed by atoms with Crippen LogP contribution in [0.4, 0.5) is 5.69 Å². The molecule has 0 radical (unpaired) electrons. The van der Waals surface area contributed by atoms with Gasteiger partial charge in [-0.1, -0.05) is 27.5 Å². The lowest BCUT2D eigenvalue weighted by atomic mass is 10.2. The highest BCUT2D eigenvalue weighted by Gasteiger charge is 2.16. The van der Waals surface area contributed by atoms with E-state index in [0.717, 1.165) is 16.1 Å². The zero-order valence-electron chi connectivity index (χ0n) is 11.4. The third-order valence-electron chi connectivity index (χ3n) is 2.92. The Hall–Kier alpha value is -1.41. The van der Waals surface area contributed by atoms with Crippen LogP contribution in [0.25, 0.3) is 0 Å². The highest BCUT2D eigenvalue weighted by molar-refractivity contribution is 9.10. The van der Waals surface area contributed by atoms with Gasteiger partial charge in [-0.05, 0) is 48.9 Å². The van der Waals surface area contributed by atoms with Crippen LogP contribution in [-0.4, -0.2) is 14.3 Å². The van der Waals surface area contributed by atoms with Gasteiger partial charge < -0.3 is 5.32 Å². The molecule has 0 unspecified atom stereocenters. The summed E-state index contributed by atoms with van der Waals surface area (Å²) in [6, 6.07) is 9.23. The van der Waals surface area contributed by atoms with Crippen molar-refractivity contribution >= 4 is 49.1 Å². The first kappa shape index (κ1) is 17.0. The fourth-order valence-corrected chi connectivity index (χ4v) is 3.11. The van der Waals surface area contributed by atoms with Crippen LogP contribution in [0.1, 0.15) is 15.9 Å². The number of rotatable bonds is 3. The molecule has 0 aliphatic rings. The molecule has 5 nitrogen and oxygen atoms in total. The number of nitrogens with one attached hydrogen (secondary N) is 1. The fourth-order valence-electron chi connectivity index (χ4n) is 1.79. The summed E-state index contributed by atoms with van der Waals surface area (Å²) in [4.78, 5) is 11.9. The van der Waals surface area contributed by atoms with Crippen LogP contribution in [0.15, 0.2) is 45.8 Å². The number of carbonyl (C=O) groups is 1. The molecular formula is C14H12BrClN2O3S. The maximum absolute atomic E-state index is 12.2. The zero-order valence-corrected chi connectivity index (χ0v) is 14.6. The predicted octanol–water partition coefficient (Wildman–Crippen LogP) is 3.31. The van der Waals surface area contributed by atoms with Crippen molar-refractivity contribution < 1.29 is 13.2 Å². The van der Waals surface area contributed by atoms with Crippen LogP contribution in [0.5, 0.6) is 0 Å². The van der Waals surface area contributed by atoms with E-state index in [-0.39, 0.29) is 15.5 Å². The number of anilines is 1. The minimum absolute atomic E-state index is 0.0291. The van der Waals surface area contributed by atoms with E-state index >= 15 is 0 Å². The van der Waals surface area contributed by atoms with Crippen molar-refractivity contribution in [2.24, 2.45) is 5.14 Å². The average molecular weight is 404 g/mol. The van der Waals surface area contributed by atoms with Crippen LogP contribution in [-0.2, 0) is 10.0 Å². The van der Waals surface area contributed by atoms with Gasteiger partial charge in [0.2, 0.25) is 10.0 Å². The number of benzene rings is 2. The van der Waals surface area contributed by atoms with Crippen molar-refractivity contribution in [3.05, 3.63) is 57.0 Å². The number of amides is 1. The second kappa shape index (κ2) is 6.37. The number of hydrogen-bond acceptors (Lipinski definition) is 3. The first-order chi connectivity index (χ1) is 10.2. The van der Waals surface area contributed by atoms with Gasteiger partial charge in [0, 0.05) is 15.7 Å². The predicted molar refractivity (Wildman–Crippen MR) is 89.7 cm³/mol. The lowest BCUT2D eigenvalue weighted by Gasteiger charge is -2.09. The summed E-state index contributed by atoms with van der Waals surface area (Å²) in [5.41, 5.74) is 1.70. The molecule has 2 aromatic rings. The molecule has 0 atom stereocenters. The number of sulfonamides is 1. The Kier molecular flexibility index (Phi) is 4.91. The number of primary sulfonamides is 1. The first-order valence-corrected chi connectivity index (χ1v) is 8.80. The summed E-state index contributed by atoms with van der Waals surface area (Å²) in [7, 11) is -3.99. The van der Waals surface area contributed by atoms with Gasteiger partial charge in [-0.15, -0.1) is 0 Å². The Balaban J connectivity index is 2.32. The van der Waals surface area contributed by atoms with Crippen LogP contribution >= 0.6 is 27.5 Å². The van der Waals surface area contributed by atoms with Crippen LogP contribution in [0.2, 0.25) is 5.02 Å². The molecular weight excluding hydrogens is 392 g/mol. The summed E-state index contributed by atoms with van der Waals surface area (Å²) < 4.78 is 23.8. The van der Waals surface area contributed by atoms with Gasteiger partial charge in [-0.25, -0.2) is 13.6 Å². The van der Waals surface area contributed by atoms with E-state index in [1.807, 2.05) is 13.0 Å². The summed E-state index contributed by atoms with van der Waals surface area (Å²) in [5.74, 6) is -0.455. The highest BCUT2D eigenvalue weighted by Crippen LogP contribution is 2.23. The molecule has 0 fully saturated rings. The molecule has 3 N–H and O–H groups in total. The van der Waals surface area contributed by atoms with Crippen LogP contribution < -0.4 is 10.5 Å². The number of halogens is 2. The molecule has 8 heteroatoms. The van der Waals surface area contributed by atoms with Gasteiger partial charge in [0.15, 0.2) is 0 Å². The van der Waals surface area contributed by atoms with Crippen molar-refractivity contribution in [1.29, 1.82) is 0 Å². The molecule has 0 saturated carbocycles. The monoisotopic (exact) mass is 402 g/mol. The van der Waals surface area contributed by atoms with Gasteiger partial charge in [0.05, 0.1) is 5.02 Å². The minimum Gasteiger partial charge on any atom is -0.322 e. The number of carbonyl (C=O) groups excluding carboxylic acids is 1. The minimum atomic E-state index is -3.99. The summed E-state index contributed by atoms with van der Waals surface area (Å²) >= 11 is 9.16. The van der Waals surface area contributed by atoms with E-state index in [2.05, 4.69) is 21.2 Å². The Morgan fingerprint density at radius 1 is 1.23 bits per heavy atom. The molecule has 1 amide bonds. The van der Waals surface area contributed by atoms with E-state index in [4.69, 9.17) is 16.7 Å². The summed E-state index contributed by atoms with van der Waals surface area (Å²) in [5, 5.41) is 7.72. The molecule has 2 rings (SSSR count).